The van der Waals surface area contributed by atoms with Crippen LogP contribution in [-0.2, 0) is 0 Å². The zero-order valence-corrected chi connectivity index (χ0v) is 11.3. The standard InChI is InChI=1S/C14H16N2O2S/c15-10-1-2-11-9(5-10)6-12(19-11)13(18)16-7-14(8-17)3-4-14/h1-2,5-6,17H,3-4,7-8,15H2,(H,16,18). The fourth-order valence-corrected chi connectivity index (χ4v) is 3.06. The number of aliphatic hydroxyl groups is 1. The van der Waals surface area contributed by atoms with Crippen molar-refractivity contribution in [3.8, 4) is 0 Å². The normalized spacial score (nSPS) is 16.5. The number of benzene rings is 1. The van der Waals surface area contributed by atoms with E-state index in [9.17, 15) is 9.90 Å². The van der Waals surface area contributed by atoms with Crippen LogP contribution >= 0.6 is 11.3 Å². The third-order valence-corrected chi connectivity index (χ3v) is 4.80. The summed E-state index contributed by atoms with van der Waals surface area (Å²) in [6.07, 6.45) is 1.99. The first-order valence-electron chi connectivity index (χ1n) is 6.30. The monoisotopic (exact) mass is 276 g/mol. The van der Waals surface area contributed by atoms with Gasteiger partial charge in [-0.2, -0.15) is 0 Å². The summed E-state index contributed by atoms with van der Waals surface area (Å²) in [5, 5.41) is 13.1. The van der Waals surface area contributed by atoms with Crippen molar-refractivity contribution in [2.75, 3.05) is 18.9 Å². The van der Waals surface area contributed by atoms with Crippen molar-refractivity contribution in [2.45, 2.75) is 12.8 Å². The van der Waals surface area contributed by atoms with E-state index in [4.69, 9.17) is 5.73 Å². The quantitative estimate of drug-likeness (QED) is 0.747. The van der Waals surface area contributed by atoms with E-state index in [1.165, 1.54) is 11.3 Å². The lowest BCUT2D eigenvalue weighted by atomic mass is 10.1. The van der Waals surface area contributed by atoms with E-state index in [2.05, 4.69) is 5.32 Å². The van der Waals surface area contributed by atoms with Crippen LogP contribution in [0.15, 0.2) is 24.3 Å². The van der Waals surface area contributed by atoms with Crippen molar-refractivity contribution in [1.82, 2.24) is 5.32 Å². The Morgan fingerprint density at radius 1 is 1.42 bits per heavy atom. The lowest BCUT2D eigenvalue weighted by molar-refractivity contribution is 0.0939. The molecule has 0 bridgehead atoms. The number of anilines is 1. The molecule has 0 atom stereocenters. The molecule has 1 fully saturated rings. The molecule has 2 aromatic rings. The van der Waals surface area contributed by atoms with E-state index in [1.807, 2.05) is 24.3 Å². The van der Waals surface area contributed by atoms with Crippen LogP contribution in [-0.4, -0.2) is 24.2 Å². The van der Waals surface area contributed by atoms with Gasteiger partial charge in [0.25, 0.3) is 5.91 Å². The van der Waals surface area contributed by atoms with Gasteiger partial charge >= 0.3 is 0 Å². The summed E-state index contributed by atoms with van der Waals surface area (Å²) < 4.78 is 1.06. The molecule has 1 heterocycles. The lowest BCUT2D eigenvalue weighted by Crippen LogP contribution is -2.31. The number of rotatable bonds is 4. The summed E-state index contributed by atoms with van der Waals surface area (Å²) in [5.41, 5.74) is 6.37. The number of fused-ring (bicyclic) bond motifs is 1. The number of carbonyl (C=O) groups excluding carboxylic acids is 1. The van der Waals surface area contributed by atoms with Gasteiger partial charge in [-0.3, -0.25) is 4.79 Å². The molecular weight excluding hydrogens is 260 g/mol. The summed E-state index contributed by atoms with van der Waals surface area (Å²) in [5.74, 6) is -0.0699. The van der Waals surface area contributed by atoms with Gasteiger partial charge in [-0.25, -0.2) is 0 Å². The maximum atomic E-state index is 12.1. The highest BCUT2D eigenvalue weighted by atomic mass is 32.1. The van der Waals surface area contributed by atoms with Crippen molar-refractivity contribution in [3.05, 3.63) is 29.1 Å². The van der Waals surface area contributed by atoms with Crippen molar-refractivity contribution in [3.63, 3.8) is 0 Å². The predicted octanol–water partition coefficient (Wildman–Crippen LogP) is 1.99. The topological polar surface area (TPSA) is 75.4 Å². The van der Waals surface area contributed by atoms with E-state index < -0.39 is 0 Å². The van der Waals surface area contributed by atoms with Crippen LogP contribution in [0.1, 0.15) is 22.5 Å². The first kappa shape index (κ1) is 12.4. The fourth-order valence-electron chi connectivity index (χ4n) is 2.10. The SMILES string of the molecule is Nc1ccc2sc(C(=O)NCC3(CO)CC3)cc2c1. The fraction of sp³-hybridized carbons (Fsp3) is 0.357. The first-order chi connectivity index (χ1) is 9.12. The Kier molecular flexibility index (Phi) is 2.95. The van der Waals surface area contributed by atoms with E-state index in [-0.39, 0.29) is 17.9 Å². The molecule has 0 saturated heterocycles. The molecule has 1 aromatic heterocycles. The molecule has 100 valence electrons. The maximum Gasteiger partial charge on any atom is 0.261 e. The third kappa shape index (κ3) is 2.43. The van der Waals surface area contributed by atoms with Crippen molar-refractivity contribution in [2.24, 2.45) is 5.41 Å². The molecule has 1 aliphatic carbocycles. The molecule has 4 nitrogen and oxygen atoms in total. The van der Waals surface area contributed by atoms with E-state index in [0.29, 0.717) is 17.1 Å². The van der Waals surface area contributed by atoms with Crippen molar-refractivity contribution >= 4 is 33.0 Å². The highest BCUT2D eigenvalue weighted by Gasteiger charge is 2.42. The molecule has 0 radical (unpaired) electrons. The highest BCUT2D eigenvalue weighted by molar-refractivity contribution is 7.20. The minimum Gasteiger partial charge on any atom is -0.399 e. The van der Waals surface area contributed by atoms with Crippen LogP contribution in [0.2, 0.25) is 0 Å². The molecular formula is C14H16N2O2S. The molecule has 4 N–H and O–H groups in total. The second kappa shape index (κ2) is 4.51. The Balaban J connectivity index is 1.74. The van der Waals surface area contributed by atoms with E-state index in [0.717, 1.165) is 22.9 Å². The zero-order chi connectivity index (χ0) is 13.5. The lowest BCUT2D eigenvalue weighted by Gasteiger charge is -2.11. The number of nitrogens with one attached hydrogen (secondary N) is 1. The Labute approximate surface area is 115 Å². The molecule has 0 unspecified atom stereocenters. The van der Waals surface area contributed by atoms with Crippen LogP contribution < -0.4 is 11.1 Å². The van der Waals surface area contributed by atoms with Crippen LogP contribution in [0.4, 0.5) is 5.69 Å². The number of hydrogen-bond donors (Lipinski definition) is 3. The molecule has 0 aliphatic heterocycles. The van der Waals surface area contributed by atoms with Crippen LogP contribution in [0.25, 0.3) is 10.1 Å². The van der Waals surface area contributed by atoms with Gasteiger partial charge in [-0.1, -0.05) is 0 Å². The summed E-state index contributed by atoms with van der Waals surface area (Å²) >= 11 is 1.46. The van der Waals surface area contributed by atoms with Gasteiger partial charge in [0.05, 0.1) is 11.5 Å². The summed E-state index contributed by atoms with van der Waals surface area (Å²) in [4.78, 5) is 12.8. The molecule has 1 amide bonds. The van der Waals surface area contributed by atoms with Crippen LogP contribution in [0, 0.1) is 5.41 Å². The Morgan fingerprint density at radius 2 is 2.21 bits per heavy atom. The molecule has 1 aliphatic rings. The number of nitrogen functional groups attached to an aromatic ring is 1. The molecule has 3 rings (SSSR count). The third-order valence-electron chi connectivity index (χ3n) is 3.68. The minimum absolute atomic E-state index is 0.0588. The van der Waals surface area contributed by atoms with Gasteiger partial charge in [-0.15, -0.1) is 11.3 Å². The number of amides is 1. The zero-order valence-electron chi connectivity index (χ0n) is 10.5. The number of thiophene rings is 1. The Hall–Kier alpha value is -1.59. The minimum atomic E-state index is -0.0699. The average Bonchev–Trinajstić information content (AvgIpc) is 3.07. The summed E-state index contributed by atoms with van der Waals surface area (Å²) in [6, 6.07) is 7.51. The predicted molar refractivity (Wildman–Crippen MR) is 77.3 cm³/mol. The summed E-state index contributed by atoms with van der Waals surface area (Å²) in [7, 11) is 0. The molecule has 5 heteroatoms. The van der Waals surface area contributed by atoms with Crippen LogP contribution in [0.5, 0.6) is 0 Å². The molecule has 1 saturated carbocycles. The maximum absolute atomic E-state index is 12.1. The van der Waals surface area contributed by atoms with Crippen molar-refractivity contribution in [1.29, 1.82) is 0 Å². The van der Waals surface area contributed by atoms with E-state index in [1.54, 1.807) is 0 Å². The number of hydrogen-bond acceptors (Lipinski definition) is 4. The molecule has 1 aromatic carbocycles. The number of carbonyl (C=O) groups is 1. The van der Waals surface area contributed by atoms with Crippen molar-refractivity contribution < 1.29 is 9.90 Å². The smallest absolute Gasteiger partial charge is 0.261 e. The largest absolute Gasteiger partial charge is 0.399 e. The highest BCUT2D eigenvalue weighted by Crippen LogP contribution is 2.44. The second-order valence-electron chi connectivity index (χ2n) is 5.25. The Morgan fingerprint density at radius 3 is 2.89 bits per heavy atom. The van der Waals surface area contributed by atoms with Gasteiger partial charge in [0.15, 0.2) is 0 Å². The number of aliphatic hydroxyl groups excluding tert-OH is 1. The van der Waals surface area contributed by atoms with Gasteiger partial charge in [0.1, 0.15) is 0 Å². The molecule has 0 spiro atoms. The first-order valence-corrected chi connectivity index (χ1v) is 7.12. The van der Waals surface area contributed by atoms with Gasteiger partial charge in [0, 0.05) is 22.3 Å². The molecule has 19 heavy (non-hydrogen) atoms. The second-order valence-corrected chi connectivity index (χ2v) is 6.33. The van der Waals surface area contributed by atoms with E-state index >= 15 is 0 Å². The Bertz CT molecular complexity index is 631. The number of nitrogens with two attached hydrogens (primary N) is 1. The summed E-state index contributed by atoms with van der Waals surface area (Å²) in [6.45, 7) is 0.703. The average molecular weight is 276 g/mol. The van der Waals surface area contributed by atoms with Crippen LogP contribution in [0.3, 0.4) is 0 Å². The van der Waals surface area contributed by atoms with Gasteiger partial charge in [-0.05, 0) is 42.5 Å². The van der Waals surface area contributed by atoms with Gasteiger partial charge < -0.3 is 16.2 Å². The van der Waals surface area contributed by atoms with Gasteiger partial charge in [0.2, 0.25) is 0 Å².